The van der Waals surface area contributed by atoms with Gasteiger partial charge in [0.2, 0.25) is 10.0 Å². The molecule has 106 valence electrons. The Kier molecular flexibility index (Phi) is 4.31. The summed E-state index contributed by atoms with van der Waals surface area (Å²) in [5.74, 6) is 1.02. The monoisotopic (exact) mass is 284 g/mol. The van der Waals surface area contributed by atoms with Crippen LogP contribution in [0.25, 0.3) is 0 Å². The van der Waals surface area contributed by atoms with Gasteiger partial charge in [-0.3, -0.25) is 0 Å². The predicted octanol–water partition coefficient (Wildman–Crippen LogP) is 1.32. The van der Waals surface area contributed by atoms with Gasteiger partial charge < -0.3 is 10.5 Å². The fraction of sp³-hybridized carbons (Fsp3) is 0.538. The molecule has 1 aromatic carbocycles. The third-order valence-corrected chi connectivity index (χ3v) is 4.59. The minimum absolute atomic E-state index is 0.251. The zero-order chi connectivity index (χ0) is 13.9. The van der Waals surface area contributed by atoms with E-state index in [9.17, 15) is 8.42 Å². The van der Waals surface area contributed by atoms with Gasteiger partial charge >= 0.3 is 0 Å². The molecular weight excluding hydrogens is 264 g/mol. The molecule has 0 bridgehead atoms. The Bertz CT molecular complexity index is 513. The number of anilines is 1. The van der Waals surface area contributed by atoms with E-state index in [-0.39, 0.29) is 5.92 Å². The molecule has 1 fully saturated rings. The summed E-state index contributed by atoms with van der Waals surface area (Å²) < 4.78 is 30.2. The minimum atomic E-state index is -3.09. The summed E-state index contributed by atoms with van der Waals surface area (Å²) in [5.41, 5.74) is 6.30. The number of hydrogen-bond acceptors (Lipinski definition) is 4. The lowest BCUT2D eigenvalue weighted by Crippen LogP contribution is -2.40. The van der Waals surface area contributed by atoms with Crippen molar-refractivity contribution in [2.45, 2.75) is 12.8 Å². The summed E-state index contributed by atoms with van der Waals surface area (Å²) in [4.78, 5) is 0. The molecule has 0 amide bonds. The van der Waals surface area contributed by atoms with Gasteiger partial charge in [0, 0.05) is 24.7 Å². The van der Waals surface area contributed by atoms with Crippen molar-refractivity contribution in [3.05, 3.63) is 24.3 Å². The van der Waals surface area contributed by atoms with E-state index >= 15 is 0 Å². The van der Waals surface area contributed by atoms with Crippen molar-refractivity contribution >= 4 is 15.7 Å². The molecule has 1 aliphatic rings. The van der Waals surface area contributed by atoms with Crippen LogP contribution in [0.3, 0.4) is 0 Å². The van der Waals surface area contributed by atoms with Crippen LogP contribution in [0.5, 0.6) is 5.75 Å². The quantitative estimate of drug-likeness (QED) is 0.846. The summed E-state index contributed by atoms with van der Waals surface area (Å²) in [6.45, 7) is 1.71. The lowest BCUT2D eigenvalue weighted by atomic mass is 10.0. The van der Waals surface area contributed by atoms with Gasteiger partial charge in [0.15, 0.2) is 0 Å². The van der Waals surface area contributed by atoms with Gasteiger partial charge in [-0.05, 0) is 37.1 Å². The lowest BCUT2D eigenvalue weighted by Gasteiger charge is -2.30. The average molecular weight is 284 g/mol. The van der Waals surface area contributed by atoms with Crippen LogP contribution < -0.4 is 10.5 Å². The molecule has 5 nitrogen and oxygen atoms in total. The highest BCUT2D eigenvalue weighted by atomic mass is 32.2. The van der Waals surface area contributed by atoms with Crippen molar-refractivity contribution in [1.82, 2.24) is 4.31 Å². The first-order chi connectivity index (χ1) is 8.95. The van der Waals surface area contributed by atoms with Crippen LogP contribution in [-0.2, 0) is 10.0 Å². The van der Waals surface area contributed by atoms with Crippen molar-refractivity contribution in [3.8, 4) is 5.75 Å². The summed E-state index contributed by atoms with van der Waals surface area (Å²) in [6, 6.07) is 7.23. The Labute approximate surface area is 114 Å². The maximum absolute atomic E-state index is 11.5. The second-order valence-corrected chi connectivity index (χ2v) is 6.99. The highest BCUT2D eigenvalue weighted by Crippen LogP contribution is 2.20. The summed E-state index contributed by atoms with van der Waals surface area (Å²) >= 11 is 0. The number of hydrogen-bond donors (Lipinski definition) is 1. The zero-order valence-electron chi connectivity index (χ0n) is 11.1. The summed E-state index contributed by atoms with van der Waals surface area (Å²) in [7, 11) is -3.09. The molecule has 19 heavy (non-hydrogen) atoms. The van der Waals surface area contributed by atoms with E-state index in [2.05, 4.69) is 0 Å². The maximum Gasteiger partial charge on any atom is 0.211 e. The van der Waals surface area contributed by atoms with Crippen molar-refractivity contribution in [3.63, 3.8) is 0 Å². The number of ether oxygens (including phenoxy) is 1. The second-order valence-electron chi connectivity index (χ2n) is 5.01. The molecule has 1 unspecified atom stereocenters. The minimum Gasteiger partial charge on any atom is -0.493 e. The highest BCUT2D eigenvalue weighted by Gasteiger charge is 2.26. The molecular formula is C13H20N2O3S. The Morgan fingerprint density at radius 2 is 2.05 bits per heavy atom. The van der Waals surface area contributed by atoms with Gasteiger partial charge in [0.25, 0.3) is 0 Å². The predicted molar refractivity (Wildman–Crippen MR) is 75.5 cm³/mol. The van der Waals surface area contributed by atoms with E-state index in [1.165, 1.54) is 10.6 Å². The Balaban J connectivity index is 1.87. The number of sulfonamides is 1. The van der Waals surface area contributed by atoms with E-state index in [0.717, 1.165) is 18.6 Å². The highest BCUT2D eigenvalue weighted by molar-refractivity contribution is 7.88. The van der Waals surface area contributed by atoms with Crippen LogP contribution in [-0.4, -0.2) is 38.7 Å². The van der Waals surface area contributed by atoms with Crippen molar-refractivity contribution in [2.75, 3.05) is 31.7 Å². The second kappa shape index (κ2) is 5.79. The molecule has 0 aromatic heterocycles. The molecule has 2 N–H and O–H groups in total. The molecule has 0 radical (unpaired) electrons. The van der Waals surface area contributed by atoms with Crippen LogP contribution in [0.15, 0.2) is 24.3 Å². The van der Waals surface area contributed by atoms with E-state index in [1.807, 2.05) is 12.1 Å². The van der Waals surface area contributed by atoms with Gasteiger partial charge in [-0.1, -0.05) is 0 Å². The van der Waals surface area contributed by atoms with Crippen LogP contribution in [0.4, 0.5) is 5.69 Å². The molecule has 2 rings (SSSR count). The number of benzene rings is 1. The first-order valence-corrected chi connectivity index (χ1v) is 8.23. The molecule has 6 heteroatoms. The van der Waals surface area contributed by atoms with Crippen molar-refractivity contribution in [2.24, 2.45) is 5.92 Å². The topological polar surface area (TPSA) is 72.6 Å². The summed E-state index contributed by atoms with van der Waals surface area (Å²) in [5, 5.41) is 0. The molecule has 1 aromatic rings. The fourth-order valence-corrected chi connectivity index (χ4v) is 3.18. The zero-order valence-corrected chi connectivity index (χ0v) is 11.9. The van der Waals surface area contributed by atoms with Gasteiger partial charge in [-0.25, -0.2) is 12.7 Å². The number of piperidine rings is 1. The number of rotatable bonds is 4. The summed E-state index contributed by atoms with van der Waals surface area (Å²) in [6.07, 6.45) is 3.15. The van der Waals surface area contributed by atoms with Crippen LogP contribution in [0.1, 0.15) is 12.8 Å². The number of nitrogen functional groups attached to an aromatic ring is 1. The largest absolute Gasteiger partial charge is 0.493 e. The van der Waals surface area contributed by atoms with Gasteiger partial charge in [0.05, 0.1) is 12.9 Å². The normalized spacial score (nSPS) is 21.2. The third-order valence-electron chi connectivity index (χ3n) is 3.32. The standard InChI is InChI=1S/C13H20N2O3S/c1-19(16,17)15-8-2-3-11(9-15)10-18-13-6-4-12(14)5-7-13/h4-7,11H,2-3,8-10,14H2,1H3. The maximum atomic E-state index is 11.5. The smallest absolute Gasteiger partial charge is 0.211 e. The van der Waals surface area contributed by atoms with Crippen molar-refractivity contribution < 1.29 is 13.2 Å². The van der Waals surface area contributed by atoms with E-state index in [1.54, 1.807) is 12.1 Å². The Hall–Kier alpha value is -1.27. The van der Waals surface area contributed by atoms with Crippen LogP contribution >= 0.6 is 0 Å². The SMILES string of the molecule is CS(=O)(=O)N1CCCC(COc2ccc(N)cc2)C1. The Morgan fingerprint density at radius 1 is 1.37 bits per heavy atom. The number of nitrogens with two attached hydrogens (primary N) is 1. The lowest BCUT2D eigenvalue weighted by molar-refractivity contribution is 0.181. The number of nitrogens with zero attached hydrogens (tertiary/aromatic N) is 1. The molecule has 1 aliphatic heterocycles. The molecule has 1 saturated heterocycles. The van der Waals surface area contributed by atoms with Gasteiger partial charge in [0.1, 0.15) is 5.75 Å². The first kappa shape index (κ1) is 14.1. The molecule has 1 heterocycles. The van der Waals surface area contributed by atoms with Gasteiger partial charge in [-0.15, -0.1) is 0 Å². The van der Waals surface area contributed by atoms with E-state index in [0.29, 0.717) is 25.4 Å². The van der Waals surface area contributed by atoms with Crippen LogP contribution in [0, 0.1) is 5.92 Å². The molecule has 0 saturated carbocycles. The molecule has 0 spiro atoms. The van der Waals surface area contributed by atoms with E-state index in [4.69, 9.17) is 10.5 Å². The van der Waals surface area contributed by atoms with E-state index < -0.39 is 10.0 Å². The first-order valence-electron chi connectivity index (χ1n) is 6.38. The average Bonchev–Trinajstić information content (AvgIpc) is 2.37. The Morgan fingerprint density at radius 3 is 2.68 bits per heavy atom. The molecule has 1 atom stereocenters. The molecule has 0 aliphatic carbocycles. The third kappa shape index (κ3) is 4.11. The van der Waals surface area contributed by atoms with Crippen molar-refractivity contribution in [1.29, 1.82) is 0 Å². The fourth-order valence-electron chi connectivity index (χ4n) is 2.24. The van der Waals surface area contributed by atoms with Gasteiger partial charge in [-0.2, -0.15) is 0 Å². The van der Waals surface area contributed by atoms with Crippen LogP contribution in [0.2, 0.25) is 0 Å².